The summed E-state index contributed by atoms with van der Waals surface area (Å²) in [5, 5.41) is 0. The van der Waals surface area contributed by atoms with Gasteiger partial charge in [0.2, 0.25) is 11.8 Å². The van der Waals surface area contributed by atoms with Crippen LogP contribution in [0.15, 0.2) is 0 Å². The van der Waals surface area contributed by atoms with Crippen molar-refractivity contribution < 1.29 is 22.8 Å². The lowest BCUT2D eigenvalue weighted by Crippen LogP contribution is -2.54. The predicted molar refractivity (Wildman–Crippen MR) is 68.0 cm³/mol. The number of alkyl halides is 3. The van der Waals surface area contributed by atoms with Crippen molar-refractivity contribution in [2.24, 2.45) is 0 Å². The zero-order chi connectivity index (χ0) is 15.3. The van der Waals surface area contributed by atoms with Gasteiger partial charge >= 0.3 is 6.18 Å². The molecule has 0 saturated carbocycles. The van der Waals surface area contributed by atoms with Crippen LogP contribution < -0.4 is 0 Å². The van der Waals surface area contributed by atoms with Crippen LogP contribution in [0.1, 0.15) is 39.5 Å². The summed E-state index contributed by atoms with van der Waals surface area (Å²) in [6, 6.07) is -0.738. The van der Waals surface area contributed by atoms with E-state index in [1.54, 1.807) is 6.92 Å². The summed E-state index contributed by atoms with van der Waals surface area (Å²) in [6.45, 7) is 2.38. The Bertz CT molecular complexity index is 358. The Balaban J connectivity index is 2.82. The number of nitrogens with zero attached hydrogens (tertiary/aromatic N) is 2. The first-order valence-electron chi connectivity index (χ1n) is 6.95. The van der Waals surface area contributed by atoms with Gasteiger partial charge in [0, 0.05) is 19.5 Å². The van der Waals surface area contributed by atoms with E-state index in [0.29, 0.717) is 13.0 Å². The van der Waals surface area contributed by atoms with Gasteiger partial charge in [-0.15, -0.1) is 0 Å². The average molecular weight is 294 g/mol. The summed E-state index contributed by atoms with van der Waals surface area (Å²) >= 11 is 0. The minimum absolute atomic E-state index is 0.0109. The number of likely N-dealkylation sites (N-methyl/N-ethyl adjacent to an activating group) is 1. The molecule has 0 radical (unpaired) electrons. The average Bonchev–Trinajstić information content (AvgIpc) is 2.42. The summed E-state index contributed by atoms with van der Waals surface area (Å²) in [5.74, 6) is -0.766. The molecule has 1 atom stereocenters. The Kier molecular flexibility index (Phi) is 5.83. The highest BCUT2D eigenvalue weighted by atomic mass is 19.4. The number of hydrogen-bond donors (Lipinski definition) is 0. The second kappa shape index (κ2) is 6.95. The summed E-state index contributed by atoms with van der Waals surface area (Å²) in [7, 11) is 0. The maximum Gasteiger partial charge on any atom is 0.406 e. The third-order valence-electron chi connectivity index (χ3n) is 3.47. The minimum Gasteiger partial charge on any atom is -0.332 e. The molecule has 0 aliphatic carbocycles. The zero-order valence-corrected chi connectivity index (χ0v) is 11.9. The number of amides is 2. The topological polar surface area (TPSA) is 40.6 Å². The zero-order valence-electron chi connectivity index (χ0n) is 11.9. The van der Waals surface area contributed by atoms with Crippen LogP contribution in [0.4, 0.5) is 13.2 Å². The van der Waals surface area contributed by atoms with E-state index in [2.05, 4.69) is 0 Å². The first kappa shape index (κ1) is 16.8. The Morgan fingerprint density at radius 1 is 1.25 bits per heavy atom. The van der Waals surface area contributed by atoms with E-state index in [-0.39, 0.29) is 18.9 Å². The van der Waals surface area contributed by atoms with Crippen LogP contribution in [-0.2, 0) is 9.59 Å². The molecule has 1 rings (SSSR count). The molecule has 7 heteroatoms. The fraction of sp³-hybridized carbons (Fsp3) is 0.846. The number of carbonyl (C=O) groups excluding carboxylic acids is 2. The number of halogens is 3. The SMILES string of the molecule is CCC(=O)N1CCCC[C@H]1C(=O)N(CC)CC(F)(F)F. The number of hydrogen-bond acceptors (Lipinski definition) is 2. The minimum atomic E-state index is -4.42. The van der Waals surface area contributed by atoms with Crippen molar-refractivity contribution >= 4 is 11.8 Å². The van der Waals surface area contributed by atoms with Crippen molar-refractivity contribution in [1.29, 1.82) is 0 Å². The highest BCUT2D eigenvalue weighted by Crippen LogP contribution is 2.22. The van der Waals surface area contributed by atoms with Gasteiger partial charge in [0.15, 0.2) is 0 Å². The molecule has 1 aliphatic heterocycles. The maximum atomic E-state index is 12.5. The fourth-order valence-electron chi connectivity index (χ4n) is 2.46. The van der Waals surface area contributed by atoms with Gasteiger partial charge in [-0.3, -0.25) is 9.59 Å². The molecular formula is C13H21F3N2O2. The molecule has 116 valence electrons. The van der Waals surface area contributed by atoms with E-state index < -0.39 is 24.7 Å². The van der Waals surface area contributed by atoms with E-state index in [1.807, 2.05) is 0 Å². The smallest absolute Gasteiger partial charge is 0.332 e. The van der Waals surface area contributed by atoms with E-state index >= 15 is 0 Å². The fourth-order valence-corrected chi connectivity index (χ4v) is 2.46. The molecule has 0 unspecified atom stereocenters. The molecule has 2 amide bonds. The molecule has 0 bridgehead atoms. The van der Waals surface area contributed by atoms with Gasteiger partial charge in [-0.25, -0.2) is 0 Å². The lowest BCUT2D eigenvalue weighted by Gasteiger charge is -2.37. The maximum absolute atomic E-state index is 12.5. The molecular weight excluding hydrogens is 273 g/mol. The normalized spacial score (nSPS) is 19.9. The van der Waals surface area contributed by atoms with Crippen LogP contribution >= 0.6 is 0 Å². The van der Waals surface area contributed by atoms with Crippen LogP contribution in [0.3, 0.4) is 0 Å². The van der Waals surface area contributed by atoms with Gasteiger partial charge in [0.05, 0.1) is 0 Å². The third-order valence-corrected chi connectivity index (χ3v) is 3.47. The second-order valence-corrected chi connectivity index (χ2v) is 4.92. The van der Waals surface area contributed by atoms with Crippen LogP contribution in [0, 0.1) is 0 Å². The predicted octanol–water partition coefficient (Wildman–Crippen LogP) is 2.19. The Morgan fingerprint density at radius 2 is 1.90 bits per heavy atom. The van der Waals surface area contributed by atoms with Crippen molar-refractivity contribution in [2.75, 3.05) is 19.6 Å². The molecule has 4 nitrogen and oxygen atoms in total. The molecule has 1 fully saturated rings. The van der Waals surface area contributed by atoms with Crippen LogP contribution in [0.25, 0.3) is 0 Å². The highest BCUT2D eigenvalue weighted by Gasteiger charge is 2.38. The molecule has 0 spiro atoms. The summed E-state index contributed by atoms with van der Waals surface area (Å²) in [6.07, 6.45) is -2.16. The Morgan fingerprint density at radius 3 is 2.40 bits per heavy atom. The van der Waals surface area contributed by atoms with Crippen molar-refractivity contribution in [3.8, 4) is 0 Å². The molecule has 0 aromatic rings. The number of piperidine rings is 1. The molecule has 0 aromatic carbocycles. The van der Waals surface area contributed by atoms with E-state index in [0.717, 1.165) is 17.7 Å². The van der Waals surface area contributed by atoms with Gasteiger partial charge in [0.1, 0.15) is 12.6 Å². The number of rotatable bonds is 4. The largest absolute Gasteiger partial charge is 0.406 e. The molecule has 20 heavy (non-hydrogen) atoms. The first-order chi connectivity index (χ1) is 9.30. The second-order valence-electron chi connectivity index (χ2n) is 4.92. The van der Waals surface area contributed by atoms with Crippen molar-refractivity contribution in [2.45, 2.75) is 51.7 Å². The molecule has 1 aliphatic rings. The van der Waals surface area contributed by atoms with Gasteiger partial charge in [-0.05, 0) is 26.2 Å². The van der Waals surface area contributed by atoms with Crippen molar-refractivity contribution in [3.05, 3.63) is 0 Å². The van der Waals surface area contributed by atoms with Crippen molar-refractivity contribution in [3.63, 3.8) is 0 Å². The van der Waals surface area contributed by atoms with Gasteiger partial charge < -0.3 is 9.80 Å². The van der Waals surface area contributed by atoms with Crippen LogP contribution in [-0.4, -0.2) is 53.5 Å². The van der Waals surface area contributed by atoms with E-state index in [1.165, 1.54) is 11.8 Å². The molecule has 1 heterocycles. The quantitative estimate of drug-likeness (QED) is 0.797. The summed E-state index contributed by atoms with van der Waals surface area (Å²) < 4.78 is 37.4. The van der Waals surface area contributed by atoms with Gasteiger partial charge in [0.25, 0.3) is 0 Å². The monoisotopic (exact) mass is 294 g/mol. The standard InChI is InChI=1S/C13H21F3N2O2/c1-3-11(19)18-8-6-5-7-10(18)12(20)17(4-2)9-13(14,15)16/h10H,3-9H2,1-2H3/t10-/m0/s1. The third kappa shape index (κ3) is 4.38. The van der Waals surface area contributed by atoms with E-state index in [4.69, 9.17) is 0 Å². The first-order valence-corrected chi connectivity index (χ1v) is 6.95. The number of likely N-dealkylation sites (tertiary alicyclic amines) is 1. The van der Waals surface area contributed by atoms with Gasteiger partial charge in [-0.1, -0.05) is 6.92 Å². The number of carbonyl (C=O) groups is 2. The molecule has 0 N–H and O–H groups in total. The Hall–Kier alpha value is -1.27. The highest BCUT2D eigenvalue weighted by molar-refractivity contribution is 5.87. The van der Waals surface area contributed by atoms with Gasteiger partial charge in [-0.2, -0.15) is 13.2 Å². The van der Waals surface area contributed by atoms with Crippen molar-refractivity contribution in [1.82, 2.24) is 9.80 Å². The van der Waals surface area contributed by atoms with Crippen LogP contribution in [0.2, 0.25) is 0 Å². The van der Waals surface area contributed by atoms with E-state index in [9.17, 15) is 22.8 Å². The lowest BCUT2D eigenvalue weighted by molar-refractivity contribution is -0.166. The molecule has 1 saturated heterocycles. The summed E-state index contributed by atoms with van der Waals surface area (Å²) in [5.41, 5.74) is 0. The Labute approximate surface area is 116 Å². The molecule has 0 aromatic heterocycles. The summed E-state index contributed by atoms with van der Waals surface area (Å²) in [4.78, 5) is 26.3. The lowest BCUT2D eigenvalue weighted by atomic mass is 10.00. The van der Waals surface area contributed by atoms with Crippen LogP contribution in [0.5, 0.6) is 0 Å².